The molecule has 2 aliphatic rings. The highest BCUT2D eigenvalue weighted by atomic mass is 16.3. The Labute approximate surface area is 71.3 Å². The third-order valence-corrected chi connectivity index (χ3v) is 2.44. The second kappa shape index (κ2) is 3.03. The van der Waals surface area contributed by atoms with Gasteiger partial charge in [-0.25, -0.2) is 0 Å². The Morgan fingerprint density at radius 2 is 2.17 bits per heavy atom. The van der Waals surface area contributed by atoms with Gasteiger partial charge in [0, 0.05) is 19.1 Å². The van der Waals surface area contributed by atoms with Gasteiger partial charge in [0.25, 0.3) is 0 Å². The molecule has 2 atom stereocenters. The van der Waals surface area contributed by atoms with E-state index in [0.717, 1.165) is 12.8 Å². The van der Waals surface area contributed by atoms with Crippen molar-refractivity contribution in [2.45, 2.75) is 25.0 Å². The van der Waals surface area contributed by atoms with Crippen LogP contribution in [0.25, 0.3) is 0 Å². The van der Waals surface area contributed by atoms with Gasteiger partial charge in [0.1, 0.15) is 0 Å². The molecular formula is C8H14N2O2. The minimum Gasteiger partial charge on any atom is -0.391 e. The molecule has 3 N–H and O–H groups in total. The predicted octanol–water partition coefficient (Wildman–Crippen LogP) is -1.15. The molecule has 1 aliphatic heterocycles. The molecule has 2 fully saturated rings. The molecule has 1 aliphatic carbocycles. The maximum absolute atomic E-state index is 11.4. The molecule has 0 aromatic heterocycles. The maximum atomic E-state index is 11.4. The predicted molar refractivity (Wildman–Crippen MR) is 43.5 cm³/mol. The van der Waals surface area contributed by atoms with Gasteiger partial charge in [-0.1, -0.05) is 0 Å². The van der Waals surface area contributed by atoms with Crippen LogP contribution >= 0.6 is 0 Å². The van der Waals surface area contributed by atoms with Crippen molar-refractivity contribution >= 4 is 5.91 Å². The lowest BCUT2D eigenvalue weighted by molar-refractivity contribution is -0.127. The van der Waals surface area contributed by atoms with E-state index in [-0.39, 0.29) is 11.8 Å². The average molecular weight is 170 g/mol. The lowest BCUT2D eigenvalue weighted by atomic mass is 10.1. The van der Waals surface area contributed by atoms with Gasteiger partial charge in [0.2, 0.25) is 5.91 Å². The van der Waals surface area contributed by atoms with Crippen molar-refractivity contribution in [2.75, 3.05) is 13.1 Å². The van der Waals surface area contributed by atoms with Crippen LogP contribution in [0.1, 0.15) is 12.8 Å². The summed E-state index contributed by atoms with van der Waals surface area (Å²) >= 11 is 0. The van der Waals surface area contributed by atoms with E-state index in [1.807, 2.05) is 0 Å². The first-order valence-electron chi connectivity index (χ1n) is 4.46. The normalized spacial score (nSPS) is 35.1. The van der Waals surface area contributed by atoms with E-state index in [1.54, 1.807) is 0 Å². The van der Waals surface area contributed by atoms with E-state index < -0.39 is 6.10 Å². The van der Waals surface area contributed by atoms with Crippen LogP contribution < -0.4 is 10.6 Å². The third-order valence-electron chi connectivity index (χ3n) is 2.44. The van der Waals surface area contributed by atoms with Crippen LogP contribution in [0.3, 0.4) is 0 Å². The van der Waals surface area contributed by atoms with Gasteiger partial charge in [-0.2, -0.15) is 0 Å². The van der Waals surface area contributed by atoms with E-state index >= 15 is 0 Å². The summed E-state index contributed by atoms with van der Waals surface area (Å²) in [4.78, 5) is 11.4. The Balaban J connectivity index is 1.84. The fourth-order valence-electron chi connectivity index (χ4n) is 1.47. The summed E-state index contributed by atoms with van der Waals surface area (Å²) in [6.45, 7) is 1.16. The highest BCUT2D eigenvalue weighted by Gasteiger charge is 2.34. The molecule has 2 rings (SSSR count). The first-order valence-corrected chi connectivity index (χ1v) is 4.46. The lowest BCUT2D eigenvalue weighted by Crippen LogP contribution is -2.38. The highest BCUT2D eigenvalue weighted by molar-refractivity contribution is 5.80. The quantitative estimate of drug-likeness (QED) is 0.490. The lowest BCUT2D eigenvalue weighted by Gasteiger charge is -2.12. The van der Waals surface area contributed by atoms with Crippen molar-refractivity contribution in [2.24, 2.45) is 5.92 Å². The molecule has 12 heavy (non-hydrogen) atoms. The summed E-state index contributed by atoms with van der Waals surface area (Å²) in [5, 5.41) is 15.2. The van der Waals surface area contributed by atoms with Crippen LogP contribution in [0, 0.1) is 5.92 Å². The van der Waals surface area contributed by atoms with Gasteiger partial charge >= 0.3 is 0 Å². The molecule has 0 aromatic rings. The number of carbonyl (C=O) groups is 1. The highest BCUT2D eigenvalue weighted by Crippen LogP contribution is 2.20. The van der Waals surface area contributed by atoms with Crippen molar-refractivity contribution < 1.29 is 9.90 Å². The smallest absolute Gasteiger partial charge is 0.227 e. The van der Waals surface area contributed by atoms with Crippen LogP contribution in [0.4, 0.5) is 0 Å². The third kappa shape index (κ3) is 1.59. The Hall–Kier alpha value is -0.610. The van der Waals surface area contributed by atoms with Crippen LogP contribution in [0.15, 0.2) is 0 Å². The molecular weight excluding hydrogens is 156 g/mol. The Bertz CT molecular complexity index is 191. The standard InChI is InChI=1S/C8H14N2O2/c11-7-4-9-3-6(7)8(12)10-5-1-2-5/h5-7,9,11H,1-4H2,(H,10,12)/t6-,7-/m0/s1. The second-order valence-electron chi connectivity index (χ2n) is 3.61. The van der Waals surface area contributed by atoms with Crippen LogP contribution in [-0.4, -0.2) is 36.2 Å². The summed E-state index contributed by atoms with van der Waals surface area (Å²) in [7, 11) is 0. The number of β-amino-alcohol motifs (C(OH)–C–C–N with tert-alkyl or cyclic N) is 1. The maximum Gasteiger partial charge on any atom is 0.227 e. The molecule has 4 nitrogen and oxygen atoms in total. The van der Waals surface area contributed by atoms with E-state index in [1.165, 1.54) is 0 Å². The molecule has 1 heterocycles. The molecule has 0 aromatic carbocycles. The van der Waals surface area contributed by atoms with Crippen LogP contribution in [-0.2, 0) is 4.79 Å². The van der Waals surface area contributed by atoms with Crippen molar-refractivity contribution in [1.82, 2.24) is 10.6 Å². The first-order chi connectivity index (χ1) is 5.77. The monoisotopic (exact) mass is 170 g/mol. The fraction of sp³-hybridized carbons (Fsp3) is 0.875. The molecule has 1 saturated heterocycles. The molecule has 0 radical (unpaired) electrons. The largest absolute Gasteiger partial charge is 0.391 e. The van der Waals surface area contributed by atoms with E-state index in [4.69, 9.17) is 0 Å². The van der Waals surface area contributed by atoms with E-state index in [9.17, 15) is 9.90 Å². The number of carbonyl (C=O) groups excluding carboxylic acids is 1. The SMILES string of the molecule is O=C(NC1CC1)[C@H]1CNC[C@@H]1O. The minimum absolute atomic E-state index is 0.00926. The van der Waals surface area contributed by atoms with Gasteiger partial charge < -0.3 is 15.7 Å². The first kappa shape index (κ1) is 8.01. The zero-order chi connectivity index (χ0) is 8.55. The van der Waals surface area contributed by atoms with Gasteiger partial charge in [-0.15, -0.1) is 0 Å². The zero-order valence-electron chi connectivity index (χ0n) is 6.92. The Morgan fingerprint density at radius 1 is 1.42 bits per heavy atom. The van der Waals surface area contributed by atoms with Gasteiger partial charge in [-0.05, 0) is 12.8 Å². The summed E-state index contributed by atoms with van der Waals surface area (Å²) < 4.78 is 0. The van der Waals surface area contributed by atoms with Crippen molar-refractivity contribution in [3.8, 4) is 0 Å². The van der Waals surface area contributed by atoms with Gasteiger partial charge in [-0.3, -0.25) is 4.79 Å². The number of nitrogens with one attached hydrogen (secondary N) is 2. The molecule has 0 spiro atoms. The number of amides is 1. The van der Waals surface area contributed by atoms with Crippen molar-refractivity contribution in [1.29, 1.82) is 0 Å². The molecule has 0 bridgehead atoms. The van der Waals surface area contributed by atoms with E-state index in [0.29, 0.717) is 19.1 Å². The summed E-state index contributed by atoms with van der Waals surface area (Å²) in [6, 6.07) is 0.394. The number of hydrogen-bond donors (Lipinski definition) is 3. The summed E-state index contributed by atoms with van der Waals surface area (Å²) in [6.07, 6.45) is 1.70. The summed E-state index contributed by atoms with van der Waals surface area (Å²) in [5.41, 5.74) is 0. The zero-order valence-corrected chi connectivity index (χ0v) is 6.92. The topological polar surface area (TPSA) is 61.4 Å². The molecule has 4 heteroatoms. The molecule has 68 valence electrons. The number of rotatable bonds is 2. The number of hydrogen-bond acceptors (Lipinski definition) is 3. The Kier molecular flexibility index (Phi) is 2.02. The second-order valence-corrected chi connectivity index (χ2v) is 3.61. The van der Waals surface area contributed by atoms with Gasteiger partial charge in [0.15, 0.2) is 0 Å². The fourth-order valence-corrected chi connectivity index (χ4v) is 1.47. The Morgan fingerprint density at radius 3 is 2.67 bits per heavy atom. The molecule has 1 saturated carbocycles. The summed E-state index contributed by atoms with van der Waals surface area (Å²) in [5.74, 6) is -0.222. The van der Waals surface area contributed by atoms with Crippen LogP contribution in [0.2, 0.25) is 0 Å². The molecule has 1 amide bonds. The molecule has 0 unspecified atom stereocenters. The average Bonchev–Trinajstić information content (AvgIpc) is 2.72. The number of aliphatic hydroxyl groups excluding tert-OH is 1. The van der Waals surface area contributed by atoms with Crippen molar-refractivity contribution in [3.63, 3.8) is 0 Å². The van der Waals surface area contributed by atoms with Crippen LogP contribution in [0.5, 0.6) is 0 Å². The van der Waals surface area contributed by atoms with Crippen molar-refractivity contribution in [3.05, 3.63) is 0 Å². The minimum atomic E-state index is -0.497. The van der Waals surface area contributed by atoms with Gasteiger partial charge in [0.05, 0.1) is 12.0 Å². The van der Waals surface area contributed by atoms with E-state index in [2.05, 4.69) is 10.6 Å². The number of aliphatic hydroxyl groups is 1.